The summed E-state index contributed by atoms with van der Waals surface area (Å²) in [6, 6.07) is 0. The zero-order valence-corrected chi connectivity index (χ0v) is 13.1. The van der Waals surface area contributed by atoms with E-state index in [-0.39, 0.29) is 18.4 Å². The van der Waals surface area contributed by atoms with Crippen molar-refractivity contribution in [1.29, 1.82) is 0 Å². The largest absolute Gasteiger partial charge is 0.380 e. The van der Waals surface area contributed by atoms with E-state index >= 15 is 0 Å². The minimum Gasteiger partial charge on any atom is -0.380 e. The third-order valence-corrected chi connectivity index (χ3v) is 2.54. The predicted octanol–water partition coefficient (Wildman–Crippen LogP) is 0.0886. The molecule has 0 heterocycles. The summed E-state index contributed by atoms with van der Waals surface area (Å²) in [4.78, 5) is 21.6. The van der Waals surface area contributed by atoms with Crippen molar-refractivity contribution in [2.24, 2.45) is 0 Å². The molecule has 7 nitrogen and oxygen atoms in total. The second kappa shape index (κ2) is 15.2. The van der Waals surface area contributed by atoms with Crippen molar-refractivity contribution in [3.63, 3.8) is 0 Å². The summed E-state index contributed by atoms with van der Waals surface area (Å²) in [6.45, 7) is 5.10. The zero-order valence-electron chi connectivity index (χ0n) is 13.1. The van der Waals surface area contributed by atoms with Gasteiger partial charge in [0.2, 0.25) is 11.8 Å². The van der Waals surface area contributed by atoms with E-state index in [1.807, 2.05) is 0 Å². The Morgan fingerprint density at radius 3 is 1.95 bits per heavy atom. The minimum atomic E-state index is -0.127. The monoisotopic (exact) mass is 304 g/mol. The van der Waals surface area contributed by atoms with E-state index in [0.717, 1.165) is 19.3 Å². The molecule has 0 aromatic heterocycles. The molecule has 0 bridgehead atoms. The van der Waals surface area contributed by atoms with Gasteiger partial charge in [0.15, 0.2) is 0 Å². The van der Waals surface area contributed by atoms with Gasteiger partial charge in [-0.1, -0.05) is 0 Å². The van der Waals surface area contributed by atoms with Crippen molar-refractivity contribution in [2.45, 2.75) is 26.2 Å². The lowest BCUT2D eigenvalue weighted by Gasteiger charge is -2.07. The number of unbranched alkanes of at least 4 members (excludes halogenated alkanes) is 2. The van der Waals surface area contributed by atoms with Crippen LogP contribution in [0.2, 0.25) is 0 Å². The van der Waals surface area contributed by atoms with Gasteiger partial charge in [0.05, 0.1) is 13.2 Å². The summed E-state index contributed by atoms with van der Waals surface area (Å²) in [5.41, 5.74) is 0. The molecule has 0 unspecified atom stereocenters. The van der Waals surface area contributed by atoms with E-state index in [1.54, 1.807) is 0 Å². The molecule has 0 aliphatic rings. The molecule has 0 aromatic carbocycles. The lowest BCUT2D eigenvalue weighted by molar-refractivity contribution is -0.125. The Bertz CT molecular complexity index is 274. The van der Waals surface area contributed by atoms with Gasteiger partial charge in [-0.05, 0) is 19.3 Å². The fourth-order valence-electron chi connectivity index (χ4n) is 1.53. The van der Waals surface area contributed by atoms with Crippen LogP contribution in [0.5, 0.6) is 0 Å². The summed E-state index contributed by atoms with van der Waals surface area (Å²) in [6.07, 6.45) is 2.99. The molecular weight excluding hydrogens is 276 g/mol. The lowest BCUT2D eigenvalue weighted by Crippen LogP contribution is -2.30. The summed E-state index contributed by atoms with van der Waals surface area (Å²) < 4.78 is 15.4. The summed E-state index contributed by atoms with van der Waals surface area (Å²) >= 11 is 0. The second-order valence-corrected chi connectivity index (χ2v) is 4.55. The SMILES string of the molecule is COCC(=O)NCCOCCCCCOCCNC(C)=O. The Morgan fingerprint density at radius 1 is 0.857 bits per heavy atom. The molecule has 0 atom stereocenters. The fraction of sp³-hybridized carbons (Fsp3) is 0.857. The van der Waals surface area contributed by atoms with Gasteiger partial charge in [-0.2, -0.15) is 0 Å². The molecule has 0 fully saturated rings. The van der Waals surface area contributed by atoms with Crippen LogP contribution in [0.1, 0.15) is 26.2 Å². The molecule has 0 rings (SSSR count). The third-order valence-electron chi connectivity index (χ3n) is 2.54. The van der Waals surface area contributed by atoms with Crippen molar-refractivity contribution in [3.8, 4) is 0 Å². The van der Waals surface area contributed by atoms with Crippen LogP contribution >= 0.6 is 0 Å². The van der Waals surface area contributed by atoms with Crippen LogP contribution in [0.4, 0.5) is 0 Å². The number of hydrogen-bond acceptors (Lipinski definition) is 5. The molecule has 2 amide bonds. The van der Waals surface area contributed by atoms with Gasteiger partial charge in [0.1, 0.15) is 6.61 Å². The molecule has 0 saturated carbocycles. The topological polar surface area (TPSA) is 85.9 Å². The van der Waals surface area contributed by atoms with Crippen LogP contribution in [0.15, 0.2) is 0 Å². The third kappa shape index (κ3) is 16.8. The van der Waals surface area contributed by atoms with Gasteiger partial charge in [-0.15, -0.1) is 0 Å². The summed E-state index contributed by atoms with van der Waals surface area (Å²) in [7, 11) is 1.49. The normalized spacial score (nSPS) is 10.4. The van der Waals surface area contributed by atoms with Crippen LogP contribution in [0.3, 0.4) is 0 Å². The molecule has 21 heavy (non-hydrogen) atoms. The van der Waals surface area contributed by atoms with Gasteiger partial charge in [0, 0.05) is 40.3 Å². The van der Waals surface area contributed by atoms with Crippen molar-refractivity contribution >= 4 is 11.8 Å². The molecule has 0 aliphatic carbocycles. The van der Waals surface area contributed by atoms with Crippen molar-refractivity contribution in [1.82, 2.24) is 10.6 Å². The minimum absolute atomic E-state index is 0.0332. The highest BCUT2D eigenvalue weighted by Crippen LogP contribution is 1.96. The Morgan fingerprint density at radius 2 is 1.43 bits per heavy atom. The molecule has 0 aliphatic heterocycles. The van der Waals surface area contributed by atoms with Crippen molar-refractivity contribution in [2.75, 3.05) is 53.2 Å². The summed E-state index contributed by atoms with van der Waals surface area (Å²) in [5, 5.41) is 5.35. The van der Waals surface area contributed by atoms with E-state index in [9.17, 15) is 9.59 Å². The molecule has 0 saturated heterocycles. The maximum absolute atomic E-state index is 11.0. The molecular formula is C14H28N2O5. The Hall–Kier alpha value is -1.18. The van der Waals surface area contributed by atoms with E-state index < -0.39 is 0 Å². The quantitative estimate of drug-likeness (QED) is 0.444. The van der Waals surface area contributed by atoms with Gasteiger partial charge >= 0.3 is 0 Å². The predicted molar refractivity (Wildman–Crippen MR) is 79.1 cm³/mol. The molecule has 0 radical (unpaired) electrons. The Balaban J connectivity index is 3.06. The van der Waals surface area contributed by atoms with Crippen molar-refractivity contribution < 1.29 is 23.8 Å². The smallest absolute Gasteiger partial charge is 0.246 e. The van der Waals surface area contributed by atoms with Crippen LogP contribution < -0.4 is 10.6 Å². The Kier molecular flexibility index (Phi) is 14.4. The Labute approximate surface area is 126 Å². The van der Waals surface area contributed by atoms with Gasteiger partial charge in [0.25, 0.3) is 0 Å². The number of methoxy groups -OCH3 is 1. The fourth-order valence-corrected chi connectivity index (χ4v) is 1.53. The average molecular weight is 304 g/mol. The number of rotatable bonds is 14. The van der Waals surface area contributed by atoms with E-state index in [1.165, 1.54) is 14.0 Å². The number of nitrogens with one attached hydrogen (secondary N) is 2. The average Bonchev–Trinajstić information content (AvgIpc) is 2.44. The second-order valence-electron chi connectivity index (χ2n) is 4.55. The molecule has 0 spiro atoms. The highest BCUT2D eigenvalue weighted by atomic mass is 16.5. The molecule has 124 valence electrons. The molecule has 2 N–H and O–H groups in total. The standard InChI is InChI=1S/C14H28N2O5/c1-13(17)15-6-10-20-8-4-3-5-9-21-11-7-16-14(18)12-19-2/h3-12H2,1-2H3,(H,15,17)(H,16,18). The van der Waals surface area contributed by atoms with Gasteiger partial charge in [-0.3, -0.25) is 9.59 Å². The van der Waals surface area contributed by atoms with Crippen LogP contribution in [0, 0.1) is 0 Å². The van der Waals surface area contributed by atoms with Crippen molar-refractivity contribution in [3.05, 3.63) is 0 Å². The van der Waals surface area contributed by atoms with E-state index in [2.05, 4.69) is 15.4 Å². The van der Waals surface area contributed by atoms with E-state index in [4.69, 9.17) is 9.47 Å². The highest BCUT2D eigenvalue weighted by molar-refractivity contribution is 5.77. The number of amides is 2. The summed E-state index contributed by atoms with van der Waals surface area (Å²) in [5.74, 6) is -0.160. The first-order chi connectivity index (χ1) is 10.2. The van der Waals surface area contributed by atoms with Crippen LogP contribution in [-0.4, -0.2) is 65.0 Å². The first-order valence-electron chi connectivity index (χ1n) is 7.32. The maximum atomic E-state index is 11.0. The van der Waals surface area contributed by atoms with E-state index in [0.29, 0.717) is 39.5 Å². The first-order valence-corrected chi connectivity index (χ1v) is 7.32. The lowest BCUT2D eigenvalue weighted by atomic mass is 10.2. The van der Waals surface area contributed by atoms with Gasteiger partial charge < -0.3 is 24.8 Å². The molecule has 7 heteroatoms. The maximum Gasteiger partial charge on any atom is 0.246 e. The molecule has 0 aromatic rings. The van der Waals surface area contributed by atoms with Crippen LogP contribution in [-0.2, 0) is 23.8 Å². The van der Waals surface area contributed by atoms with Crippen LogP contribution in [0.25, 0.3) is 0 Å². The number of ether oxygens (including phenoxy) is 3. The highest BCUT2D eigenvalue weighted by Gasteiger charge is 1.98. The van der Waals surface area contributed by atoms with Gasteiger partial charge in [-0.25, -0.2) is 0 Å². The zero-order chi connectivity index (χ0) is 15.8. The number of carbonyl (C=O) groups is 2. The number of carbonyl (C=O) groups excluding carboxylic acids is 2. The number of hydrogen-bond donors (Lipinski definition) is 2. The first kappa shape index (κ1) is 19.8.